The average Bonchev–Trinajstić information content (AvgIpc) is 3.10. The van der Waals surface area contributed by atoms with E-state index in [0.29, 0.717) is 0 Å². The van der Waals surface area contributed by atoms with E-state index in [2.05, 4.69) is 0 Å². The summed E-state index contributed by atoms with van der Waals surface area (Å²) in [5, 5.41) is 89.0. The van der Waals surface area contributed by atoms with Gasteiger partial charge in [0.1, 0.15) is 11.2 Å². The van der Waals surface area contributed by atoms with Crippen molar-refractivity contribution in [2.24, 2.45) is 0 Å². The molecule has 0 aliphatic carbocycles. The van der Waals surface area contributed by atoms with E-state index >= 15 is 0 Å². The fraction of sp³-hybridized carbons (Fsp3) is 0. The summed E-state index contributed by atoms with van der Waals surface area (Å²) in [5.74, 6) is -7.78. The van der Waals surface area contributed by atoms with Gasteiger partial charge in [0.2, 0.25) is 0 Å². The van der Waals surface area contributed by atoms with E-state index in [4.69, 9.17) is 17.7 Å². The summed E-state index contributed by atoms with van der Waals surface area (Å²) >= 11 is 0. The van der Waals surface area contributed by atoms with Crippen molar-refractivity contribution in [1.82, 2.24) is 0 Å². The summed E-state index contributed by atoms with van der Waals surface area (Å²) in [5.41, 5.74) is -8.50. The van der Waals surface area contributed by atoms with E-state index in [1.807, 2.05) is 0 Å². The highest BCUT2D eigenvalue weighted by Crippen LogP contribution is 2.59. The summed E-state index contributed by atoms with van der Waals surface area (Å²) in [4.78, 5) is 49.2. The Morgan fingerprint density at radius 1 is 0.327 bits per heavy atom. The molecule has 4 heterocycles. The Bertz CT molecular complexity index is 3150. The second-order valence-corrected chi connectivity index (χ2v) is 11.5. The van der Waals surface area contributed by atoms with E-state index in [0.717, 1.165) is 48.5 Å². The first kappa shape index (κ1) is 31.4. The molecule has 16 nitrogen and oxygen atoms in total. The fourth-order valence-electron chi connectivity index (χ4n) is 6.40. The molecule has 0 fully saturated rings. The molecule has 8 N–H and O–H groups in total. The van der Waals surface area contributed by atoms with Crippen molar-refractivity contribution >= 4 is 43.9 Å². The molecule has 0 saturated carbocycles. The van der Waals surface area contributed by atoms with Crippen LogP contribution in [0.2, 0.25) is 0 Å². The molecule has 0 radical (unpaired) electrons. The molecule has 258 valence electrons. The topological polar surface area (TPSA) is 283 Å². The highest BCUT2D eigenvalue weighted by molar-refractivity contribution is 6.19. The molecule has 8 aromatic rings. The monoisotopic (exact) mass is 706 g/mol. The summed E-state index contributed by atoms with van der Waals surface area (Å²) in [6, 6.07) is 10.2. The first-order valence-electron chi connectivity index (χ1n) is 14.8. The van der Waals surface area contributed by atoms with Gasteiger partial charge < -0.3 is 58.5 Å². The average molecular weight is 707 g/mol. The van der Waals surface area contributed by atoms with Crippen LogP contribution in [0.15, 0.2) is 97.5 Å². The molecule has 0 atom stereocenters. The maximum Gasteiger partial charge on any atom is 0.336 e. The minimum atomic E-state index is -1.13. The lowest BCUT2D eigenvalue weighted by molar-refractivity contribution is 0.397. The van der Waals surface area contributed by atoms with E-state index in [-0.39, 0.29) is 38.3 Å². The number of rotatable bonds is 3. The Hall–Kier alpha value is -7.88. The van der Waals surface area contributed by atoms with Crippen LogP contribution >= 0.6 is 0 Å². The van der Waals surface area contributed by atoms with E-state index < -0.39 is 107 Å². The largest absolute Gasteiger partial charge is 0.504 e. The fourth-order valence-corrected chi connectivity index (χ4v) is 6.40. The Balaban J connectivity index is 1.55. The summed E-state index contributed by atoms with van der Waals surface area (Å²) in [6.07, 6.45) is 0. The van der Waals surface area contributed by atoms with Gasteiger partial charge in [-0.15, -0.1) is 0 Å². The SMILES string of the molecule is O=c1ccc2c(-c3c(O)c(O)c(-c4c(O)c(O)c(-c5c(O)c(O)cc6oc(=O)ccc56)c5oc(=O)ccc45)c4oc(=O)ccc34)c(O)c(O)cc2o1. The number of hydrogen-bond acceptors (Lipinski definition) is 16. The number of phenolic OH excluding ortho intramolecular Hbond substituents is 8. The quantitative estimate of drug-likeness (QED) is 0.0908. The number of aromatic hydroxyl groups is 8. The molecule has 16 heteroatoms. The van der Waals surface area contributed by atoms with Crippen LogP contribution in [0, 0.1) is 0 Å². The molecular weight excluding hydrogens is 688 g/mol. The van der Waals surface area contributed by atoms with Gasteiger partial charge in [0.15, 0.2) is 57.2 Å². The first-order chi connectivity index (χ1) is 24.8. The van der Waals surface area contributed by atoms with Crippen LogP contribution in [0.25, 0.3) is 77.3 Å². The molecule has 0 unspecified atom stereocenters. The first-order valence-corrected chi connectivity index (χ1v) is 14.8. The molecule has 0 aliphatic rings. The second-order valence-electron chi connectivity index (χ2n) is 11.5. The van der Waals surface area contributed by atoms with Crippen LogP contribution in [-0.2, 0) is 0 Å². The normalized spacial score (nSPS) is 11.6. The molecule has 0 spiro atoms. The lowest BCUT2D eigenvalue weighted by Crippen LogP contribution is -2.01. The van der Waals surface area contributed by atoms with Crippen molar-refractivity contribution < 1.29 is 58.5 Å². The highest BCUT2D eigenvalue weighted by Gasteiger charge is 2.33. The Morgan fingerprint density at radius 2 is 0.615 bits per heavy atom. The van der Waals surface area contributed by atoms with Gasteiger partial charge in [-0.1, -0.05) is 0 Å². The standard InChI is InChI=1S/C36H18O16/c37-15-9-17-11(1-5-19(39)49-17)23(29(15)43)25-13-3-7-21(41)51-35(13)28(34(48)31(25)45)26-14-4-8-22(42)52-36(14)27(33(47)32(26)46)24-12-2-6-20(40)50-18(12)10-16(38)30(24)44/h1-10,37-38,43-48H. The third-order valence-electron chi connectivity index (χ3n) is 8.56. The summed E-state index contributed by atoms with van der Waals surface area (Å²) in [6.45, 7) is 0. The third kappa shape index (κ3) is 4.34. The molecule has 4 aromatic heterocycles. The van der Waals surface area contributed by atoms with Crippen molar-refractivity contribution in [3.8, 4) is 79.4 Å². The zero-order valence-corrected chi connectivity index (χ0v) is 25.6. The Morgan fingerprint density at radius 3 is 1.02 bits per heavy atom. The van der Waals surface area contributed by atoms with Crippen LogP contribution in [0.3, 0.4) is 0 Å². The van der Waals surface area contributed by atoms with Crippen molar-refractivity contribution in [3.63, 3.8) is 0 Å². The number of phenols is 8. The molecule has 4 aromatic carbocycles. The van der Waals surface area contributed by atoms with Crippen molar-refractivity contribution in [1.29, 1.82) is 0 Å². The van der Waals surface area contributed by atoms with Gasteiger partial charge in [0.25, 0.3) is 0 Å². The van der Waals surface area contributed by atoms with Crippen molar-refractivity contribution in [2.75, 3.05) is 0 Å². The lowest BCUT2D eigenvalue weighted by atomic mass is 9.87. The van der Waals surface area contributed by atoms with E-state index in [9.17, 15) is 60.0 Å². The van der Waals surface area contributed by atoms with Gasteiger partial charge in [0.05, 0.1) is 11.1 Å². The molecule has 52 heavy (non-hydrogen) atoms. The van der Waals surface area contributed by atoms with Gasteiger partial charge >= 0.3 is 22.5 Å². The molecule has 0 saturated heterocycles. The summed E-state index contributed by atoms with van der Waals surface area (Å²) in [7, 11) is 0. The number of fused-ring (bicyclic) bond motifs is 4. The van der Waals surface area contributed by atoms with Gasteiger partial charge in [-0.25, -0.2) is 19.2 Å². The molecule has 0 bridgehead atoms. The van der Waals surface area contributed by atoms with Gasteiger partial charge in [-0.3, -0.25) is 0 Å². The smallest absolute Gasteiger partial charge is 0.336 e. The van der Waals surface area contributed by atoms with E-state index in [1.165, 1.54) is 12.1 Å². The zero-order chi connectivity index (χ0) is 36.9. The Labute approximate surface area is 284 Å². The lowest BCUT2D eigenvalue weighted by Gasteiger charge is -2.20. The predicted octanol–water partition coefficient (Wildman–Crippen LogP) is 4.76. The molecule has 0 amide bonds. The van der Waals surface area contributed by atoms with Gasteiger partial charge in [-0.05, 0) is 24.3 Å². The molecule has 8 rings (SSSR count). The maximum absolute atomic E-state index is 12.7. The minimum absolute atomic E-state index is 0.0455. The van der Waals surface area contributed by atoms with Gasteiger partial charge in [0, 0.05) is 80.2 Å². The molecule has 0 aliphatic heterocycles. The summed E-state index contributed by atoms with van der Waals surface area (Å²) < 4.78 is 21.2. The minimum Gasteiger partial charge on any atom is -0.504 e. The van der Waals surface area contributed by atoms with Gasteiger partial charge in [-0.2, -0.15) is 0 Å². The highest BCUT2D eigenvalue weighted by atomic mass is 16.4. The predicted molar refractivity (Wildman–Crippen MR) is 180 cm³/mol. The van der Waals surface area contributed by atoms with Crippen LogP contribution < -0.4 is 22.5 Å². The maximum atomic E-state index is 12.7. The Kier molecular flexibility index (Phi) is 6.53. The van der Waals surface area contributed by atoms with E-state index in [1.54, 1.807) is 0 Å². The zero-order valence-electron chi connectivity index (χ0n) is 25.6. The van der Waals surface area contributed by atoms with Crippen LogP contribution in [0.1, 0.15) is 0 Å². The molecular formula is C36H18O16. The van der Waals surface area contributed by atoms with Crippen LogP contribution in [0.4, 0.5) is 0 Å². The van der Waals surface area contributed by atoms with Crippen LogP contribution in [-0.4, -0.2) is 40.9 Å². The second kappa shape index (κ2) is 10.8. The van der Waals surface area contributed by atoms with Crippen molar-refractivity contribution in [3.05, 3.63) is 102 Å². The third-order valence-corrected chi connectivity index (χ3v) is 8.56. The van der Waals surface area contributed by atoms with Crippen molar-refractivity contribution in [2.45, 2.75) is 0 Å². The number of benzene rings is 4. The number of hydrogen-bond donors (Lipinski definition) is 8. The van der Waals surface area contributed by atoms with Crippen LogP contribution in [0.5, 0.6) is 46.0 Å².